The van der Waals surface area contributed by atoms with E-state index in [-0.39, 0.29) is 11.9 Å². The molecule has 0 aromatic heterocycles. The lowest BCUT2D eigenvalue weighted by Crippen LogP contribution is -2.39. The first-order valence-corrected chi connectivity index (χ1v) is 6.64. The lowest BCUT2D eigenvalue weighted by molar-refractivity contribution is -0.147. The van der Waals surface area contributed by atoms with Crippen LogP contribution in [-0.2, 0) is 19.0 Å². The van der Waals surface area contributed by atoms with Crippen LogP contribution < -0.4 is 0 Å². The van der Waals surface area contributed by atoms with E-state index < -0.39 is 0 Å². The number of piperidine rings is 1. The van der Waals surface area contributed by atoms with Gasteiger partial charge in [-0.3, -0.25) is 4.79 Å². The Bertz CT molecular complexity index is 235. The normalized spacial score (nSPS) is 20.9. The van der Waals surface area contributed by atoms with Gasteiger partial charge in [0, 0.05) is 26.8 Å². The molecule has 0 aromatic rings. The van der Waals surface area contributed by atoms with Gasteiger partial charge < -0.3 is 19.1 Å². The highest BCUT2D eigenvalue weighted by Gasteiger charge is 2.25. The summed E-state index contributed by atoms with van der Waals surface area (Å²) in [6, 6.07) is 0. The maximum absolute atomic E-state index is 11.5. The molecule has 0 bridgehead atoms. The minimum absolute atomic E-state index is 0.0539. The Morgan fingerprint density at radius 1 is 1.28 bits per heavy atom. The van der Waals surface area contributed by atoms with Crippen LogP contribution in [0, 0.1) is 5.92 Å². The Hall–Kier alpha value is -0.650. The van der Waals surface area contributed by atoms with Crippen LogP contribution in [0.1, 0.15) is 19.3 Å². The van der Waals surface area contributed by atoms with E-state index >= 15 is 0 Å². The van der Waals surface area contributed by atoms with Gasteiger partial charge in [0.1, 0.15) is 0 Å². The summed E-state index contributed by atoms with van der Waals surface area (Å²) in [7, 11) is 3.13. The predicted octanol–water partition coefficient (Wildman–Crippen LogP) is 0.925. The number of hydrogen-bond donors (Lipinski definition) is 0. The average Bonchev–Trinajstić information content (AvgIpc) is 2.42. The third-order valence-electron chi connectivity index (χ3n) is 3.23. The Morgan fingerprint density at radius 3 is 2.83 bits per heavy atom. The third-order valence-corrected chi connectivity index (χ3v) is 3.23. The molecule has 0 aromatic carbocycles. The van der Waals surface area contributed by atoms with Crippen molar-refractivity contribution in [2.24, 2.45) is 5.92 Å². The largest absolute Gasteiger partial charge is 0.469 e. The molecular weight excluding hydrogens is 234 g/mol. The van der Waals surface area contributed by atoms with Crippen molar-refractivity contribution in [1.82, 2.24) is 4.90 Å². The highest BCUT2D eigenvalue weighted by atomic mass is 16.5. The van der Waals surface area contributed by atoms with Crippen molar-refractivity contribution >= 4 is 5.97 Å². The molecule has 106 valence electrons. The molecule has 0 aliphatic carbocycles. The molecule has 18 heavy (non-hydrogen) atoms. The Morgan fingerprint density at radius 2 is 2.11 bits per heavy atom. The van der Waals surface area contributed by atoms with Gasteiger partial charge in [0.2, 0.25) is 0 Å². The molecule has 1 aliphatic rings. The van der Waals surface area contributed by atoms with Gasteiger partial charge in [-0.2, -0.15) is 0 Å². The molecule has 0 unspecified atom stereocenters. The molecule has 1 atom stereocenters. The number of ether oxygens (including phenoxy) is 3. The predicted molar refractivity (Wildman–Crippen MR) is 68.5 cm³/mol. The average molecular weight is 259 g/mol. The van der Waals surface area contributed by atoms with E-state index in [1.807, 2.05) is 0 Å². The first kappa shape index (κ1) is 15.4. The number of esters is 1. The molecule has 1 fully saturated rings. The zero-order chi connectivity index (χ0) is 13.2. The summed E-state index contributed by atoms with van der Waals surface area (Å²) in [4.78, 5) is 13.8. The van der Waals surface area contributed by atoms with Crippen molar-refractivity contribution in [3.8, 4) is 0 Å². The first-order chi connectivity index (χ1) is 8.77. The zero-order valence-corrected chi connectivity index (χ0v) is 11.5. The number of rotatable bonds is 8. The van der Waals surface area contributed by atoms with Crippen LogP contribution in [0.15, 0.2) is 0 Å². The summed E-state index contributed by atoms with van der Waals surface area (Å²) in [6.07, 6.45) is 3.02. The van der Waals surface area contributed by atoms with Crippen LogP contribution >= 0.6 is 0 Å². The first-order valence-electron chi connectivity index (χ1n) is 6.64. The number of carbonyl (C=O) groups is 1. The van der Waals surface area contributed by atoms with Crippen LogP contribution in [0.2, 0.25) is 0 Å². The third kappa shape index (κ3) is 5.80. The molecule has 1 rings (SSSR count). The van der Waals surface area contributed by atoms with Crippen molar-refractivity contribution in [3.63, 3.8) is 0 Å². The van der Waals surface area contributed by atoms with Gasteiger partial charge in [-0.15, -0.1) is 0 Å². The standard InChI is InChI=1S/C13H25NO4/c1-16-9-10-18-8-4-7-14-6-3-5-12(11-14)13(15)17-2/h12H,3-11H2,1-2H3/t12-/m0/s1. The summed E-state index contributed by atoms with van der Waals surface area (Å²) >= 11 is 0. The number of nitrogens with zero attached hydrogens (tertiary/aromatic N) is 1. The van der Waals surface area contributed by atoms with E-state index in [2.05, 4.69) is 4.90 Å². The van der Waals surface area contributed by atoms with Gasteiger partial charge in [-0.1, -0.05) is 0 Å². The van der Waals surface area contributed by atoms with E-state index in [0.717, 1.165) is 45.5 Å². The minimum atomic E-state index is -0.0731. The number of hydrogen-bond acceptors (Lipinski definition) is 5. The molecule has 0 N–H and O–H groups in total. The number of methoxy groups -OCH3 is 2. The second-order valence-corrected chi connectivity index (χ2v) is 4.62. The van der Waals surface area contributed by atoms with Crippen molar-refractivity contribution in [3.05, 3.63) is 0 Å². The number of likely N-dealkylation sites (tertiary alicyclic amines) is 1. The van der Waals surface area contributed by atoms with E-state index in [1.54, 1.807) is 7.11 Å². The highest BCUT2D eigenvalue weighted by Crippen LogP contribution is 2.17. The van der Waals surface area contributed by atoms with E-state index in [4.69, 9.17) is 14.2 Å². The Labute approximate surface area is 109 Å². The van der Waals surface area contributed by atoms with E-state index in [0.29, 0.717) is 13.2 Å². The van der Waals surface area contributed by atoms with E-state index in [1.165, 1.54) is 7.11 Å². The fourth-order valence-corrected chi connectivity index (χ4v) is 2.25. The molecule has 5 heteroatoms. The zero-order valence-electron chi connectivity index (χ0n) is 11.5. The lowest BCUT2D eigenvalue weighted by atomic mass is 9.98. The van der Waals surface area contributed by atoms with Gasteiger partial charge in [0.05, 0.1) is 26.2 Å². The fraction of sp³-hybridized carbons (Fsp3) is 0.923. The molecule has 0 amide bonds. The molecule has 1 heterocycles. The smallest absolute Gasteiger partial charge is 0.309 e. The number of carbonyl (C=O) groups excluding carboxylic acids is 1. The molecule has 1 saturated heterocycles. The van der Waals surface area contributed by atoms with Gasteiger partial charge in [0.25, 0.3) is 0 Å². The summed E-state index contributed by atoms with van der Waals surface area (Å²) in [6.45, 7) is 4.94. The van der Waals surface area contributed by atoms with Gasteiger partial charge in [-0.25, -0.2) is 0 Å². The molecule has 1 aliphatic heterocycles. The summed E-state index contributed by atoms with van der Waals surface area (Å²) in [5, 5.41) is 0. The second kappa shape index (κ2) is 9.30. The van der Waals surface area contributed by atoms with E-state index in [9.17, 15) is 4.79 Å². The SMILES string of the molecule is COCCOCCCN1CCC[C@H](C(=O)OC)C1. The Kier molecular flexibility index (Phi) is 7.96. The van der Waals surface area contributed by atoms with Crippen LogP contribution in [0.25, 0.3) is 0 Å². The quantitative estimate of drug-likeness (QED) is 0.479. The van der Waals surface area contributed by atoms with Crippen LogP contribution in [0.5, 0.6) is 0 Å². The van der Waals surface area contributed by atoms with Crippen LogP contribution in [0.3, 0.4) is 0 Å². The van der Waals surface area contributed by atoms with Crippen molar-refractivity contribution in [2.75, 3.05) is 53.7 Å². The van der Waals surface area contributed by atoms with Crippen LogP contribution in [-0.4, -0.2) is 64.5 Å². The molecule has 0 spiro atoms. The maximum atomic E-state index is 11.5. The molecule has 0 saturated carbocycles. The second-order valence-electron chi connectivity index (χ2n) is 4.62. The Balaban J connectivity index is 2.09. The fourth-order valence-electron chi connectivity index (χ4n) is 2.25. The topological polar surface area (TPSA) is 48.0 Å². The summed E-state index contributed by atoms with van der Waals surface area (Å²) in [5.74, 6) is -0.0193. The van der Waals surface area contributed by atoms with Crippen molar-refractivity contribution in [1.29, 1.82) is 0 Å². The monoisotopic (exact) mass is 259 g/mol. The molecular formula is C13H25NO4. The minimum Gasteiger partial charge on any atom is -0.469 e. The molecule has 5 nitrogen and oxygen atoms in total. The highest BCUT2D eigenvalue weighted by molar-refractivity contribution is 5.72. The van der Waals surface area contributed by atoms with Gasteiger partial charge in [-0.05, 0) is 25.8 Å². The van der Waals surface area contributed by atoms with Crippen molar-refractivity contribution in [2.45, 2.75) is 19.3 Å². The summed E-state index contributed by atoms with van der Waals surface area (Å²) < 4.78 is 15.1. The lowest BCUT2D eigenvalue weighted by Gasteiger charge is -2.31. The van der Waals surface area contributed by atoms with Crippen molar-refractivity contribution < 1.29 is 19.0 Å². The molecule has 0 radical (unpaired) electrons. The van der Waals surface area contributed by atoms with Gasteiger partial charge >= 0.3 is 5.97 Å². The summed E-state index contributed by atoms with van der Waals surface area (Å²) in [5.41, 5.74) is 0. The van der Waals surface area contributed by atoms with Crippen LogP contribution in [0.4, 0.5) is 0 Å². The van der Waals surface area contributed by atoms with Gasteiger partial charge in [0.15, 0.2) is 0 Å². The maximum Gasteiger partial charge on any atom is 0.309 e.